The van der Waals surface area contributed by atoms with E-state index in [1.54, 1.807) is 0 Å². The van der Waals surface area contributed by atoms with E-state index in [0.717, 1.165) is 50.2 Å². The normalized spacial score (nSPS) is 22.0. The predicted molar refractivity (Wildman–Crippen MR) is 94.2 cm³/mol. The van der Waals surface area contributed by atoms with Crippen LogP contribution < -0.4 is 10.2 Å². The van der Waals surface area contributed by atoms with Gasteiger partial charge in [0.1, 0.15) is 12.4 Å². The number of rotatable bonds is 5. The molecule has 2 aliphatic heterocycles. The molecule has 2 aliphatic rings. The first kappa shape index (κ1) is 18.1. The van der Waals surface area contributed by atoms with Crippen LogP contribution in [0.4, 0.5) is 5.82 Å². The third-order valence-electron chi connectivity index (χ3n) is 5.05. The Balaban J connectivity index is 1.64. The van der Waals surface area contributed by atoms with Crippen molar-refractivity contribution in [3.05, 3.63) is 17.6 Å². The van der Waals surface area contributed by atoms with Crippen LogP contribution in [0.1, 0.15) is 43.6 Å². The predicted octanol–water partition coefficient (Wildman–Crippen LogP) is 1.18. The fourth-order valence-electron chi connectivity index (χ4n) is 3.67. The van der Waals surface area contributed by atoms with Crippen LogP contribution in [-0.4, -0.2) is 53.3 Å². The molecule has 1 aromatic rings. The molecule has 138 valence electrons. The van der Waals surface area contributed by atoms with Crippen LogP contribution in [0.15, 0.2) is 6.07 Å². The van der Waals surface area contributed by atoms with Gasteiger partial charge in [0.25, 0.3) is 0 Å². The Hall–Kier alpha value is -1.73. The molecule has 3 heterocycles. The molecule has 0 spiro atoms. The van der Waals surface area contributed by atoms with E-state index in [4.69, 9.17) is 4.74 Å². The smallest absolute Gasteiger partial charge is 0.223 e. The molecular formula is C18H28N4O3. The van der Waals surface area contributed by atoms with Crippen LogP contribution in [0.2, 0.25) is 0 Å². The average molecular weight is 348 g/mol. The number of aliphatic hydroxyl groups excluding tert-OH is 1. The first-order valence-electron chi connectivity index (χ1n) is 9.25. The molecule has 0 radical (unpaired) electrons. The highest BCUT2D eigenvalue weighted by atomic mass is 16.5. The summed E-state index contributed by atoms with van der Waals surface area (Å²) in [6.45, 7) is 4.66. The van der Waals surface area contributed by atoms with Crippen LogP contribution in [0.25, 0.3) is 0 Å². The fraction of sp³-hybridized carbons (Fsp3) is 0.722. The Morgan fingerprint density at radius 2 is 2.12 bits per heavy atom. The van der Waals surface area contributed by atoms with Crippen molar-refractivity contribution in [1.29, 1.82) is 0 Å². The van der Waals surface area contributed by atoms with E-state index in [9.17, 15) is 9.90 Å². The van der Waals surface area contributed by atoms with Crippen LogP contribution in [0, 0.1) is 12.8 Å². The molecule has 3 rings (SSSR count). The average Bonchev–Trinajstić information content (AvgIpc) is 2.66. The Kier molecular flexibility index (Phi) is 6.20. The van der Waals surface area contributed by atoms with Gasteiger partial charge in [0.15, 0.2) is 5.82 Å². The number of carbonyl (C=O) groups excluding carboxylic acids is 1. The lowest BCUT2D eigenvalue weighted by Crippen LogP contribution is -2.48. The van der Waals surface area contributed by atoms with Gasteiger partial charge in [-0.15, -0.1) is 0 Å². The maximum absolute atomic E-state index is 12.4. The van der Waals surface area contributed by atoms with Gasteiger partial charge in [0.05, 0.1) is 0 Å². The van der Waals surface area contributed by atoms with Crippen molar-refractivity contribution >= 4 is 11.7 Å². The summed E-state index contributed by atoms with van der Waals surface area (Å²) in [4.78, 5) is 23.4. The van der Waals surface area contributed by atoms with E-state index in [1.807, 2.05) is 13.0 Å². The molecule has 2 N–H and O–H groups in total. The lowest BCUT2D eigenvalue weighted by molar-refractivity contribution is -0.127. The molecule has 0 saturated carbocycles. The lowest BCUT2D eigenvalue weighted by atomic mass is 9.98. The van der Waals surface area contributed by atoms with E-state index < -0.39 is 0 Å². The molecule has 0 aliphatic carbocycles. The number of aromatic nitrogens is 2. The molecule has 1 unspecified atom stereocenters. The monoisotopic (exact) mass is 348 g/mol. The summed E-state index contributed by atoms with van der Waals surface area (Å²) in [5.74, 6) is 1.52. The second kappa shape index (κ2) is 8.58. The van der Waals surface area contributed by atoms with Gasteiger partial charge in [-0.1, -0.05) is 0 Å². The molecule has 0 bridgehead atoms. The minimum Gasteiger partial charge on any atom is -0.388 e. The van der Waals surface area contributed by atoms with E-state index in [1.165, 1.54) is 0 Å². The third kappa shape index (κ3) is 4.67. The van der Waals surface area contributed by atoms with Crippen molar-refractivity contribution in [3.8, 4) is 0 Å². The molecule has 25 heavy (non-hydrogen) atoms. The van der Waals surface area contributed by atoms with Crippen molar-refractivity contribution < 1.29 is 14.6 Å². The Morgan fingerprint density at radius 3 is 2.88 bits per heavy atom. The summed E-state index contributed by atoms with van der Waals surface area (Å²) in [6, 6.07) is 2.19. The maximum atomic E-state index is 12.4. The number of piperidine rings is 1. The number of nitrogens with one attached hydrogen (secondary N) is 1. The summed E-state index contributed by atoms with van der Waals surface area (Å²) in [5, 5.41) is 12.5. The van der Waals surface area contributed by atoms with Gasteiger partial charge >= 0.3 is 0 Å². The number of aryl methyl sites for hydroxylation is 1. The van der Waals surface area contributed by atoms with E-state index in [2.05, 4.69) is 20.2 Å². The van der Waals surface area contributed by atoms with E-state index >= 15 is 0 Å². The minimum atomic E-state index is -0.159. The van der Waals surface area contributed by atoms with Crippen molar-refractivity contribution in [3.63, 3.8) is 0 Å². The summed E-state index contributed by atoms with van der Waals surface area (Å²) in [5.41, 5.74) is 0.851. The second-order valence-corrected chi connectivity index (χ2v) is 6.92. The Labute approximate surface area is 148 Å². The Bertz CT molecular complexity index is 590. The standard InChI is InChI=1S/C18H28N4O3/c1-13-10-17(21-16(12-23)20-13)22-7-3-2-4-15(22)11-19-18(24)14-5-8-25-9-6-14/h10,14-15,23H,2-9,11-12H2,1H3,(H,19,24). The second-order valence-electron chi connectivity index (χ2n) is 6.92. The minimum absolute atomic E-state index is 0.0769. The number of anilines is 1. The van der Waals surface area contributed by atoms with Gasteiger partial charge in [-0.3, -0.25) is 4.79 Å². The van der Waals surface area contributed by atoms with Gasteiger partial charge in [-0.25, -0.2) is 9.97 Å². The lowest BCUT2D eigenvalue weighted by Gasteiger charge is -2.37. The highest BCUT2D eigenvalue weighted by Crippen LogP contribution is 2.24. The van der Waals surface area contributed by atoms with Crippen LogP contribution in [0.3, 0.4) is 0 Å². The highest BCUT2D eigenvalue weighted by molar-refractivity contribution is 5.78. The molecule has 7 heteroatoms. The molecule has 0 aromatic carbocycles. The first-order valence-corrected chi connectivity index (χ1v) is 9.25. The van der Waals surface area contributed by atoms with E-state index in [-0.39, 0.29) is 24.5 Å². The number of ether oxygens (including phenoxy) is 1. The van der Waals surface area contributed by atoms with Gasteiger partial charge in [-0.2, -0.15) is 0 Å². The zero-order valence-corrected chi connectivity index (χ0v) is 14.9. The van der Waals surface area contributed by atoms with Crippen molar-refractivity contribution in [2.24, 2.45) is 5.92 Å². The number of aliphatic hydroxyl groups is 1. The van der Waals surface area contributed by atoms with Crippen molar-refractivity contribution in [1.82, 2.24) is 15.3 Å². The number of nitrogens with zero attached hydrogens (tertiary/aromatic N) is 3. The number of hydrogen-bond acceptors (Lipinski definition) is 6. The largest absolute Gasteiger partial charge is 0.388 e. The topological polar surface area (TPSA) is 87.6 Å². The first-order chi connectivity index (χ1) is 12.2. The molecule has 7 nitrogen and oxygen atoms in total. The highest BCUT2D eigenvalue weighted by Gasteiger charge is 2.27. The SMILES string of the molecule is Cc1cc(N2CCCCC2CNC(=O)C2CCOCC2)nc(CO)n1. The number of carbonyl (C=O) groups is 1. The van der Waals surface area contributed by atoms with Crippen molar-refractivity contribution in [2.75, 3.05) is 31.2 Å². The van der Waals surface area contributed by atoms with Crippen LogP contribution in [-0.2, 0) is 16.1 Å². The number of amides is 1. The molecule has 1 amide bonds. The summed E-state index contributed by atoms with van der Waals surface area (Å²) in [6.07, 6.45) is 4.93. The maximum Gasteiger partial charge on any atom is 0.223 e. The zero-order chi connectivity index (χ0) is 17.6. The van der Waals surface area contributed by atoms with Gasteiger partial charge < -0.3 is 20.1 Å². The summed E-state index contributed by atoms with van der Waals surface area (Å²) >= 11 is 0. The molecule has 1 atom stereocenters. The zero-order valence-electron chi connectivity index (χ0n) is 14.9. The molecular weight excluding hydrogens is 320 g/mol. The summed E-state index contributed by atoms with van der Waals surface area (Å²) < 4.78 is 5.33. The van der Waals surface area contributed by atoms with E-state index in [0.29, 0.717) is 25.6 Å². The van der Waals surface area contributed by atoms with Crippen LogP contribution in [0.5, 0.6) is 0 Å². The quantitative estimate of drug-likeness (QED) is 0.831. The van der Waals surface area contributed by atoms with Gasteiger partial charge in [0.2, 0.25) is 5.91 Å². The van der Waals surface area contributed by atoms with Gasteiger partial charge in [-0.05, 0) is 39.0 Å². The van der Waals surface area contributed by atoms with Gasteiger partial charge in [0, 0.05) is 50.0 Å². The molecule has 2 saturated heterocycles. The fourth-order valence-corrected chi connectivity index (χ4v) is 3.67. The molecule has 1 aromatic heterocycles. The summed E-state index contributed by atoms with van der Waals surface area (Å²) in [7, 11) is 0. The van der Waals surface area contributed by atoms with Crippen molar-refractivity contribution in [2.45, 2.75) is 51.7 Å². The number of hydrogen-bond donors (Lipinski definition) is 2. The molecule has 2 fully saturated rings. The van der Waals surface area contributed by atoms with Crippen LogP contribution >= 0.6 is 0 Å². The Morgan fingerprint density at radius 1 is 1.32 bits per heavy atom. The third-order valence-corrected chi connectivity index (χ3v) is 5.05.